The van der Waals surface area contributed by atoms with E-state index in [1.54, 1.807) is 12.1 Å². The molecular weight excluding hydrogens is 243 g/mol. The predicted octanol–water partition coefficient (Wildman–Crippen LogP) is 1.92. The molecule has 3 atom stereocenters. The molecule has 1 aromatic carbocycles. The van der Waals surface area contributed by atoms with Crippen molar-refractivity contribution in [1.29, 1.82) is 0 Å². The second-order valence-corrected chi connectivity index (χ2v) is 5.54. The Morgan fingerprint density at radius 3 is 2.68 bits per heavy atom. The molecule has 3 N–H and O–H groups in total. The predicted molar refractivity (Wildman–Crippen MR) is 74.2 cm³/mol. The number of likely N-dealkylation sites (tertiary alicyclic amines) is 1. The number of benzene rings is 1. The van der Waals surface area contributed by atoms with Crippen molar-refractivity contribution in [3.8, 4) is 0 Å². The van der Waals surface area contributed by atoms with Gasteiger partial charge in [-0.1, -0.05) is 12.1 Å². The second kappa shape index (κ2) is 6.46. The molecule has 1 aromatic rings. The van der Waals surface area contributed by atoms with Crippen LogP contribution >= 0.6 is 0 Å². The highest BCUT2D eigenvalue weighted by Gasteiger charge is 2.25. The summed E-state index contributed by atoms with van der Waals surface area (Å²) in [4.78, 5) is 2.35. The van der Waals surface area contributed by atoms with Crippen LogP contribution in [0.5, 0.6) is 0 Å². The first-order valence-corrected chi connectivity index (χ1v) is 6.97. The zero-order valence-electron chi connectivity index (χ0n) is 11.4. The third-order valence-corrected chi connectivity index (χ3v) is 4.05. The van der Waals surface area contributed by atoms with Crippen molar-refractivity contribution in [3.05, 3.63) is 35.6 Å². The van der Waals surface area contributed by atoms with Gasteiger partial charge in [-0.05, 0) is 56.5 Å². The van der Waals surface area contributed by atoms with Gasteiger partial charge in [-0.2, -0.15) is 0 Å². The summed E-state index contributed by atoms with van der Waals surface area (Å²) >= 11 is 0. The SMILES string of the molecule is CC(O)C1CCN(CCC(N)c2ccc(F)cc2)C1. The molecule has 0 saturated carbocycles. The van der Waals surface area contributed by atoms with Crippen LogP contribution in [0.3, 0.4) is 0 Å². The van der Waals surface area contributed by atoms with Crippen molar-refractivity contribution in [3.63, 3.8) is 0 Å². The number of nitrogens with two attached hydrogens (primary N) is 1. The van der Waals surface area contributed by atoms with E-state index in [0.29, 0.717) is 5.92 Å². The fourth-order valence-electron chi connectivity index (χ4n) is 2.66. The summed E-state index contributed by atoms with van der Waals surface area (Å²) in [5, 5.41) is 9.56. The smallest absolute Gasteiger partial charge is 0.123 e. The number of aliphatic hydroxyl groups excluding tert-OH is 1. The van der Waals surface area contributed by atoms with Crippen LogP contribution in [-0.2, 0) is 0 Å². The molecule has 0 spiro atoms. The summed E-state index contributed by atoms with van der Waals surface area (Å²) in [5.41, 5.74) is 7.10. The largest absolute Gasteiger partial charge is 0.393 e. The molecular formula is C15H23FN2O. The Balaban J connectivity index is 1.78. The molecule has 1 saturated heterocycles. The number of nitrogens with zero attached hydrogens (tertiary/aromatic N) is 1. The molecule has 0 aromatic heterocycles. The van der Waals surface area contributed by atoms with Gasteiger partial charge in [-0.25, -0.2) is 4.39 Å². The standard InChI is InChI=1S/C15H23FN2O/c1-11(19)13-6-8-18(10-13)9-7-15(17)12-2-4-14(16)5-3-12/h2-5,11,13,15,19H,6-10,17H2,1H3. The summed E-state index contributed by atoms with van der Waals surface area (Å²) in [5.74, 6) is 0.164. The maximum atomic E-state index is 12.8. The molecule has 0 bridgehead atoms. The summed E-state index contributed by atoms with van der Waals surface area (Å²) in [6.45, 7) is 4.78. The quantitative estimate of drug-likeness (QED) is 0.856. The Morgan fingerprint density at radius 1 is 1.42 bits per heavy atom. The Bertz CT molecular complexity index is 394. The van der Waals surface area contributed by atoms with Crippen LogP contribution in [0.25, 0.3) is 0 Å². The minimum absolute atomic E-state index is 0.0498. The lowest BCUT2D eigenvalue weighted by Crippen LogP contribution is -2.27. The molecule has 3 nitrogen and oxygen atoms in total. The summed E-state index contributed by atoms with van der Waals surface area (Å²) in [7, 11) is 0. The molecule has 1 aliphatic rings. The van der Waals surface area contributed by atoms with Crippen molar-refractivity contribution >= 4 is 0 Å². The normalized spacial score (nSPS) is 23.5. The number of aliphatic hydroxyl groups is 1. The maximum absolute atomic E-state index is 12.8. The first kappa shape index (κ1) is 14.4. The molecule has 1 aliphatic heterocycles. The fraction of sp³-hybridized carbons (Fsp3) is 0.600. The molecule has 0 aliphatic carbocycles. The van der Waals surface area contributed by atoms with Crippen LogP contribution in [0, 0.1) is 11.7 Å². The number of halogens is 1. The average Bonchev–Trinajstić information content (AvgIpc) is 2.86. The minimum Gasteiger partial charge on any atom is -0.393 e. The Hall–Kier alpha value is -0.970. The van der Waals surface area contributed by atoms with Crippen molar-refractivity contribution in [1.82, 2.24) is 4.90 Å². The van der Waals surface area contributed by atoms with Crippen LogP contribution in [-0.4, -0.2) is 35.7 Å². The van der Waals surface area contributed by atoms with Crippen molar-refractivity contribution in [2.24, 2.45) is 11.7 Å². The second-order valence-electron chi connectivity index (χ2n) is 5.54. The third kappa shape index (κ3) is 4.00. The van der Waals surface area contributed by atoms with Crippen LogP contribution < -0.4 is 5.73 Å². The highest BCUT2D eigenvalue weighted by Crippen LogP contribution is 2.21. The van der Waals surface area contributed by atoms with Crippen molar-refractivity contribution in [2.45, 2.75) is 31.9 Å². The van der Waals surface area contributed by atoms with E-state index in [1.165, 1.54) is 12.1 Å². The zero-order valence-corrected chi connectivity index (χ0v) is 11.4. The monoisotopic (exact) mass is 266 g/mol. The summed E-state index contributed by atoms with van der Waals surface area (Å²) in [6.07, 6.45) is 1.69. The molecule has 0 radical (unpaired) electrons. The van der Waals surface area contributed by atoms with Gasteiger partial charge in [0.1, 0.15) is 5.82 Å². The number of hydrogen-bond acceptors (Lipinski definition) is 3. The first-order valence-electron chi connectivity index (χ1n) is 6.97. The van der Waals surface area contributed by atoms with Gasteiger partial charge in [-0.15, -0.1) is 0 Å². The molecule has 106 valence electrons. The number of hydrogen-bond donors (Lipinski definition) is 2. The van der Waals surface area contributed by atoms with E-state index < -0.39 is 0 Å². The van der Waals surface area contributed by atoms with Crippen molar-refractivity contribution < 1.29 is 9.50 Å². The fourth-order valence-corrected chi connectivity index (χ4v) is 2.66. The lowest BCUT2D eigenvalue weighted by molar-refractivity contribution is 0.127. The lowest BCUT2D eigenvalue weighted by Gasteiger charge is -2.20. The van der Waals surface area contributed by atoms with E-state index in [1.807, 2.05) is 6.92 Å². The third-order valence-electron chi connectivity index (χ3n) is 4.05. The molecule has 0 amide bonds. The lowest BCUT2D eigenvalue weighted by atomic mass is 10.0. The van der Waals surface area contributed by atoms with E-state index in [0.717, 1.165) is 38.0 Å². The highest BCUT2D eigenvalue weighted by atomic mass is 19.1. The molecule has 4 heteroatoms. The molecule has 2 rings (SSSR count). The highest BCUT2D eigenvalue weighted by molar-refractivity contribution is 5.19. The molecule has 1 fully saturated rings. The summed E-state index contributed by atoms with van der Waals surface area (Å²) in [6, 6.07) is 6.36. The maximum Gasteiger partial charge on any atom is 0.123 e. The van der Waals surface area contributed by atoms with Gasteiger partial charge in [-0.3, -0.25) is 0 Å². The molecule has 3 unspecified atom stereocenters. The van der Waals surface area contributed by atoms with Gasteiger partial charge in [0, 0.05) is 12.6 Å². The van der Waals surface area contributed by atoms with Gasteiger partial charge < -0.3 is 15.7 Å². The Kier molecular flexibility index (Phi) is 4.91. The topological polar surface area (TPSA) is 49.5 Å². The van der Waals surface area contributed by atoms with E-state index in [-0.39, 0.29) is 18.0 Å². The van der Waals surface area contributed by atoms with Gasteiger partial charge in [0.2, 0.25) is 0 Å². The van der Waals surface area contributed by atoms with E-state index >= 15 is 0 Å². The average molecular weight is 266 g/mol. The van der Waals surface area contributed by atoms with Crippen LogP contribution in [0.4, 0.5) is 4.39 Å². The van der Waals surface area contributed by atoms with E-state index in [2.05, 4.69) is 4.90 Å². The van der Waals surface area contributed by atoms with Crippen LogP contribution in [0.2, 0.25) is 0 Å². The van der Waals surface area contributed by atoms with Gasteiger partial charge >= 0.3 is 0 Å². The molecule has 19 heavy (non-hydrogen) atoms. The van der Waals surface area contributed by atoms with Gasteiger partial charge in [0.15, 0.2) is 0 Å². The summed E-state index contributed by atoms with van der Waals surface area (Å²) < 4.78 is 12.8. The number of rotatable bonds is 5. The molecule has 1 heterocycles. The van der Waals surface area contributed by atoms with Crippen LogP contribution in [0.1, 0.15) is 31.4 Å². The minimum atomic E-state index is -0.227. The van der Waals surface area contributed by atoms with E-state index in [9.17, 15) is 9.50 Å². The van der Waals surface area contributed by atoms with Gasteiger partial charge in [0.05, 0.1) is 6.10 Å². The first-order chi connectivity index (χ1) is 9.06. The van der Waals surface area contributed by atoms with Crippen LogP contribution in [0.15, 0.2) is 24.3 Å². The van der Waals surface area contributed by atoms with Crippen molar-refractivity contribution in [2.75, 3.05) is 19.6 Å². The zero-order chi connectivity index (χ0) is 13.8. The Morgan fingerprint density at radius 2 is 2.11 bits per heavy atom. The Labute approximate surface area is 114 Å². The van der Waals surface area contributed by atoms with Gasteiger partial charge in [0.25, 0.3) is 0 Å². The van der Waals surface area contributed by atoms with E-state index in [4.69, 9.17) is 5.73 Å².